The van der Waals surface area contributed by atoms with Gasteiger partial charge in [-0.1, -0.05) is 31.3 Å². The van der Waals surface area contributed by atoms with E-state index in [-0.39, 0.29) is 0 Å². The molecular formula is C25H25F3. The van der Waals surface area contributed by atoms with Crippen molar-refractivity contribution in [1.29, 1.82) is 0 Å². The molecule has 1 saturated carbocycles. The first-order chi connectivity index (χ1) is 13.4. The first-order valence-electron chi connectivity index (χ1n) is 10.3. The Hall–Kier alpha value is -2.21. The van der Waals surface area contributed by atoms with Crippen molar-refractivity contribution in [2.45, 2.75) is 57.5 Å². The zero-order valence-electron chi connectivity index (χ0n) is 16.2. The molecule has 2 aliphatic carbocycles. The molecule has 0 amide bonds. The number of hydrogen-bond donors (Lipinski definition) is 0. The summed E-state index contributed by atoms with van der Waals surface area (Å²) in [6.07, 6.45) is 3.38. The van der Waals surface area contributed by atoms with Crippen LogP contribution in [0.5, 0.6) is 0 Å². The number of fused-ring (bicyclic) bond motifs is 3. The van der Waals surface area contributed by atoms with E-state index in [1.165, 1.54) is 55.4 Å². The molecule has 0 saturated heterocycles. The first kappa shape index (κ1) is 19.1. The molecule has 1 fully saturated rings. The maximum absolute atomic E-state index is 12.7. The van der Waals surface area contributed by atoms with Crippen molar-refractivity contribution < 1.29 is 13.2 Å². The van der Waals surface area contributed by atoms with Crippen LogP contribution < -0.4 is 0 Å². The zero-order chi connectivity index (χ0) is 19.7. The summed E-state index contributed by atoms with van der Waals surface area (Å²) in [4.78, 5) is 0. The van der Waals surface area contributed by atoms with Crippen LogP contribution in [-0.4, -0.2) is 0 Å². The van der Waals surface area contributed by atoms with Crippen LogP contribution in [0, 0.1) is 23.7 Å². The topological polar surface area (TPSA) is 0 Å². The summed E-state index contributed by atoms with van der Waals surface area (Å²) in [5.74, 6) is 8.55. The van der Waals surface area contributed by atoms with Crippen LogP contribution >= 0.6 is 0 Å². The van der Waals surface area contributed by atoms with Gasteiger partial charge in [0.1, 0.15) is 0 Å². The summed E-state index contributed by atoms with van der Waals surface area (Å²) >= 11 is 0. The quantitative estimate of drug-likeness (QED) is 0.468. The summed E-state index contributed by atoms with van der Waals surface area (Å²) < 4.78 is 38.0. The minimum absolute atomic E-state index is 0.601. The van der Waals surface area contributed by atoms with Gasteiger partial charge < -0.3 is 0 Å². The zero-order valence-corrected chi connectivity index (χ0v) is 16.2. The van der Waals surface area contributed by atoms with E-state index >= 15 is 0 Å². The molecule has 3 atom stereocenters. The summed E-state index contributed by atoms with van der Waals surface area (Å²) in [5, 5.41) is 0. The van der Waals surface area contributed by atoms with Gasteiger partial charge in [0.15, 0.2) is 0 Å². The first-order valence-corrected chi connectivity index (χ1v) is 10.3. The normalized spacial score (nSPS) is 23.9. The number of aryl methyl sites for hydroxylation is 1. The molecule has 146 valence electrons. The van der Waals surface area contributed by atoms with Crippen LogP contribution in [0.25, 0.3) is 0 Å². The van der Waals surface area contributed by atoms with Gasteiger partial charge in [-0.3, -0.25) is 0 Å². The van der Waals surface area contributed by atoms with Gasteiger partial charge in [0.05, 0.1) is 5.56 Å². The lowest BCUT2D eigenvalue weighted by molar-refractivity contribution is -0.137. The second-order valence-electron chi connectivity index (χ2n) is 8.23. The van der Waals surface area contributed by atoms with Gasteiger partial charge in [-0.15, -0.1) is 0 Å². The predicted molar refractivity (Wildman–Crippen MR) is 106 cm³/mol. The van der Waals surface area contributed by atoms with Crippen molar-refractivity contribution in [3.05, 3.63) is 70.3 Å². The maximum atomic E-state index is 12.7. The number of alkyl halides is 3. The highest BCUT2D eigenvalue weighted by Crippen LogP contribution is 2.47. The minimum Gasteiger partial charge on any atom is -0.166 e. The molecule has 0 bridgehead atoms. The fourth-order valence-corrected chi connectivity index (χ4v) is 4.95. The molecule has 0 aromatic heterocycles. The van der Waals surface area contributed by atoms with E-state index < -0.39 is 11.7 Å². The average molecular weight is 382 g/mol. The lowest BCUT2D eigenvalue weighted by Gasteiger charge is -2.40. The Morgan fingerprint density at radius 2 is 1.64 bits per heavy atom. The maximum Gasteiger partial charge on any atom is 0.416 e. The van der Waals surface area contributed by atoms with Gasteiger partial charge in [0, 0.05) is 11.1 Å². The van der Waals surface area contributed by atoms with E-state index in [0.717, 1.165) is 36.0 Å². The summed E-state index contributed by atoms with van der Waals surface area (Å²) in [6, 6.07) is 11.6. The molecule has 0 radical (unpaired) electrons. The van der Waals surface area contributed by atoms with Crippen LogP contribution in [0.15, 0.2) is 42.5 Å². The molecule has 2 aromatic carbocycles. The van der Waals surface area contributed by atoms with Crippen LogP contribution in [0.4, 0.5) is 13.2 Å². The molecule has 4 rings (SSSR count). The van der Waals surface area contributed by atoms with E-state index in [0.29, 0.717) is 11.5 Å². The van der Waals surface area contributed by atoms with Gasteiger partial charge in [0.2, 0.25) is 0 Å². The summed E-state index contributed by atoms with van der Waals surface area (Å²) in [6.45, 7) is 2.31. The van der Waals surface area contributed by atoms with Gasteiger partial charge in [-0.05, 0) is 97.4 Å². The summed E-state index contributed by atoms with van der Waals surface area (Å²) in [7, 11) is 0. The second kappa shape index (κ2) is 7.66. The Bertz CT molecular complexity index is 896. The third-order valence-corrected chi connectivity index (χ3v) is 6.56. The highest BCUT2D eigenvalue weighted by molar-refractivity contribution is 5.47. The Morgan fingerprint density at radius 1 is 0.929 bits per heavy atom. The lowest BCUT2D eigenvalue weighted by atomic mass is 9.65. The standard InChI is InChI=1S/C25H25F3/c1-2-17-7-13-23-20(15-17)9-10-21-16-19(8-14-24(21)23)4-3-18-5-11-22(12-6-18)25(26,27)28/h5-6,8,11-12,14,16-17,20,23H,2,7,9-10,13,15H2,1H3/t17-,20-,23+/m1/s1. The molecular weight excluding hydrogens is 357 g/mol. The fraction of sp³-hybridized carbons (Fsp3) is 0.440. The monoisotopic (exact) mass is 382 g/mol. The van der Waals surface area contributed by atoms with E-state index in [1.54, 1.807) is 0 Å². The molecule has 0 N–H and O–H groups in total. The molecule has 0 spiro atoms. The smallest absolute Gasteiger partial charge is 0.166 e. The van der Waals surface area contributed by atoms with Crippen molar-refractivity contribution in [2.24, 2.45) is 11.8 Å². The van der Waals surface area contributed by atoms with Gasteiger partial charge >= 0.3 is 6.18 Å². The molecule has 3 heteroatoms. The molecule has 2 aliphatic rings. The van der Waals surface area contributed by atoms with Gasteiger partial charge in [-0.25, -0.2) is 0 Å². The highest BCUT2D eigenvalue weighted by Gasteiger charge is 2.34. The predicted octanol–water partition coefficient (Wildman–Crippen LogP) is 6.96. The molecule has 28 heavy (non-hydrogen) atoms. The van der Waals surface area contributed by atoms with E-state index in [9.17, 15) is 13.2 Å². The van der Waals surface area contributed by atoms with Gasteiger partial charge in [-0.2, -0.15) is 13.2 Å². The molecule has 0 unspecified atom stereocenters. The third kappa shape index (κ3) is 3.97. The molecule has 2 aromatic rings. The van der Waals surface area contributed by atoms with E-state index in [2.05, 4.69) is 37.0 Å². The van der Waals surface area contributed by atoms with E-state index in [1.807, 2.05) is 0 Å². The minimum atomic E-state index is -4.31. The Kier molecular flexibility index (Phi) is 5.23. The number of halogens is 3. The Morgan fingerprint density at radius 3 is 2.36 bits per heavy atom. The average Bonchev–Trinajstić information content (AvgIpc) is 2.71. The van der Waals surface area contributed by atoms with Crippen molar-refractivity contribution in [3.8, 4) is 11.8 Å². The van der Waals surface area contributed by atoms with Crippen LogP contribution in [-0.2, 0) is 12.6 Å². The van der Waals surface area contributed by atoms with Crippen LogP contribution in [0.1, 0.15) is 72.8 Å². The Labute approximate surface area is 165 Å². The summed E-state index contributed by atoms with van der Waals surface area (Å²) in [5.41, 5.74) is 3.82. The van der Waals surface area contributed by atoms with Gasteiger partial charge in [0.25, 0.3) is 0 Å². The number of rotatable bonds is 1. The SMILES string of the molecule is CC[C@@H]1CC[C@@H]2c3ccc(C#Cc4ccc(C(F)(F)F)cc4)cc3CC[C@@H]2C1. The molecule has 0 aliphatic heterocycles. The second-order valence-corrected chi connectivity index (χ2v) is 8.23. The molecule has 0 nitrogen and oxygen atoms in total. The van der Waals surface area contributed by atoms with Crippen molar-refractivity contribution >= 4 is 0 Å². The molecule has 0 heterocycles. The van der Waals surface area contributed by atoms with Crippen LogP contribution in [0.2, 0.25) is 0 Å². The van der Waals surface area contributed by atoms with Crippen molar-refractivity contribution in [1.82, 2.24) is 0 Å². The lowest BCUT2D eigenvalue weighted by Crippen LogP contribution is -2.27. The number of hydrogen-bond acceptors (Lipinski definition) is 0. The Balaban J connectivity index is 1.51. The van der Waals surface area contributed by atoms with E-state index in [4.69, 9.17) is 0 Å². The van der Waals surface area contributed by atoms with Crippen LogP contribution in [0.3, 0.4) is 0 Å². The van der Waals surface area contributed by atoms with Crippen molar-refractivity contribution in [3.63, 3.8) is 0 Å². The van der Waals surface area contributed by atoms with Crippen molar-refractivity contribution in [2.75, 3.05) is 0 Å². The highest BCUT2D eigenvalue weighted by atomic mass is 19.4. The third-order valence-electron chi connectivity index (χ3n) is 6.56. The largest absolute Gasteiger partial charge is 0.416 e. The number of benzene rings is 2. The fourth-order valence-electron chi connectivity index (χ4n) is 4.95.